The number of anilines is 1. The smallest absolute Gasteiger partial charge is 0.351 e. The van der Waals surface area contributed by atoms with E-state index in [9.17, 15) is 14.7 Å². The van der Waals surface area contributed by atoms with Crippen LogP contribution in [0.3, 0.4) is 0 Å². The van der Waals surface area contributed by atoms with Crippen molar-refractivity contribution >= 4 is 28.8 Å². The molecule has 2 aliphatic heterocycles. The van der Waals surface area contributed by atoms with Gasteiger partial charge in [-0.2, -0.15) is 4.98 Å². The molecular weight excluding hydrogens is 546 g/mol. The van der Waals surface area contributed by atoms with Gasteiger partial charge in [0.15, 0.2) is 6.23 Å². The molecule has 40 heavy (non-hydrogen) atoms. The van der Waals surface area contributed by atoms with Gasteiger partial charge < -0.3 is 28.1 Å². The Kier molecular flexibility index (Phi) is 9.20. The van der Waals surface area contributed by atoms with Gasteiger partial charge in [0.2, 0.25) is 0 Å². The number of nitrogens with one attached hydrogen (secondary N) is 1. The lowest BCUT2D eigenvalue weighted by Gasteiger charge is -2.51. The molecule has 2 N–H and O–H groups in total. The van der Waals surface area contributed by atoms with Gasteiger partial charge in [0.1, 0.15) is 24.1 Å². The number of fused-ring (bicyclic) bond motifs is 1. The summed E-state index contributed by atoms with van der Waals surface area (Å²) in [5, 5.41) is 14.1. The maximum Gasteiger partial charge on any atom is 0.351 e. The van der Waals surface area contributed by atoms with E-state index in [0.29, 0.717) is 5.56 Å². The van der Waals surface area contributed by atoms with Gasteiger partial charge in [-0.25, -0.2) is 4.79 Å². The molecule has 0 saturated carbocycles. The van der Waals surface area contributed by atoms with E-state index in [0.717, 1.165) is 0 Å². The summed E-state index contributed by atoms with van der Waals surface area (Å²) in [5.74, 6) is -0.268. The first-order valence-corrected chi connectivity index (χ1v) is 18.1. The minimum atomic E-state index is -2.97. The largest absolute Gasteiger partial charge is 0.414 e. The van der Waals surface area contributed by atoms with Crippen molar-refractivity contribution in [2.45, 2.75) is 102 Å². The molecule has 2 aromatic rings. The second-order valence-corrected chi connectivity index (χ2v) is 20.8. The molecule has 0 aliphatic carbocycles. The highest BCUT2D eigenvalue weighted by Crippen LogP contribution is 2.48. The summed E-state index contributed by atoms with van der Waals surface area (Å²) in [4.78, 5) is 29.6. The molecule has 12 heteroatoms. The van der Waals surface area contributed by atoms with Crippen molar-refractivity contribution in [3.63, 3.8) is 0 Å². The number of aliphatic hydroxyl groups excluding tert-OH is 1. The molecule has 1 aromatic heterocycles. The number of aromatic nitrogens is 2. The lowest BCUT2D eigenvalue weighted by atomic mass is 10.1. The summed E-state index contributed by atoms with van der Waals surface area (Å²) in [6, 6.07) is 10.2. The summed E-state index contributed by atoms with van der Waals surface area (Å²) in [5.41, 5.74) is 0.300. The molecule has 4 atom stereocenters. The fraction of sp³-hybridized carbons (Fsp3) is 0.607. The maximum absolute atomic E-state index is 13.1. The Labute approximate surface area is 238 Å². The predicted molar refractivity (Wildman–Crippen MR) is 157 cm³/mol. The van der Waals surface area contributed by atoms with Crippen LogP contribution in [0.25, 0.3) is 0 Å². The molecule has 2 saturated heterocycles. The zero-order chi connectivity index (χ0) is 29.4. The molecule has 10 nitrogen and oxygen atoms in total. The van der Waals surface area contributed by atoms with Crippen LogP contribution in [0.4, 0.5) is 5.82 Å². The van der Waals surface area contributed by atoms with Gasteiger partial charge in [-0.1, -0.05) is 73.6 Å². The number of benzene rings is 1. The SMILES string of the molecule is CC(C)[Si]1(C(C)C)OC[C@H]2O[C@@H](n3ccc(NC(=O)c4ccccc4)nc3=O)[C@@H](O)C2O[Si](C(C)C)(C(C)C)O1. The summed E-state index contributed by atoms with van der Waals surface area (Å²) in [6.45, 7) is 17.2. The first-order chi connectivity index (χ1) is 18.8. The Morgan fingerprint density at radius 1 is 0.975 bits per heavy atom. The first-order valence-electron chi connectivity index (χ1n) is 14.1. The molecule has 2 fully saturated rings. The third-order valence-electron chi connectivity index (χ3n) is 8.02. The van der Waals surface area contributed by atoms with Crippen LogP contribution in [0, 0.1) is 0 Å². The third kappa shape index (κ3) is 5.63. The predicted octanol–water partition coefficient (Wildman–Crippen LogP) is 4.71. The average Bonchev–Trinajstić information content (AvgIpc) is 3.18. The first kappa shape index (κ1) is 30.8. The van der Waals surface area contributed by atoms with E-state index in [1.165, 1.54) is 16.8 Å². The fourth-order valence-corrected chi connectivity index (χ4v) is 17.0. The number of aliphatic hydroxyl groups is 1. The van der Waals surface area contributed by atoms with E-state index in [-0.39, 0.29) is 40.5 Å². The van der Waals surface area contributed by atoms with Crippen molar-refractivity contribution in [2.24, 2.45) is 0 Å². The van der Waals surface area contributed by atoms with Gasteiger partial charge >= 0.3 is 22.8 Å². The molecule has 1 unspecified atom stereocenters. The van der Waals surface area contributed by atoms with Gasteiger partial charge in [-0.15, -0.1) is 0 Å². The van der Waals surface area contributed by atoms with Gasteiger partial charge in [-0.05, 0) is 40.4 Å². The van der Waals surface area contributed by atoms with Crippen LogP contribution in [-0.2, 0) is 17.7 Å². The summed E-state index contributed by atoms with van der Waals surface area (Å²) in [7, 11) is -5.74. The second kappa shape index (κ2) is 12.0. The second-order valence-electron chi connectivity index (χ2n) is 11.9. The Hall–Kier alpha value is -2.20. The van der Waals surface area contributed by atoms with E-state index in [1.807, 2.05) is 6.07 Å². The Morgan fingerprint density at radius 3 is 2.12 bits per heavy atom. The lowest BCUT2D eigenvalue weighted by Crippen LogP contribution is -2.65. The maximum atomic E-state index is 13.1. The highest BCUT2D eigenvalue weighted by atomic mass is 28.5. The molecule has 3 heterocycles. The number of ether oxygens (including phenoxy) is 1. The summed E-state index contributed by atoms with van der Waals surface area (Å²) < 4.78 is 28.3. The standard InChI is InChI=1S/C28H43N3O7Si2/c1-17(2)39(18(3)4)35-16-22-25(37-40(38-39,19(5)6)20(7)8)24(32)27(36-22)31-15-14-23(30-28(31)34)29-26(33)21-12-10-9-11-13-21/h9-15,17-20,22,24-25,27,32H,16H2,1-8H3,(H,29,30,33,34)/t22-,24+,25?,27-/m1/s1. The van der Waals surface area contributed by atoms with Crippen molar-refractivity contribution in [1.82, 2.24) is 9.55 Å². The molecule has 0 radical (unpaired) electrons. The quantitative estimate of drug-likeness (QED) is 0.446. The van der Waals surface area contributed by atoms with Crippen LogP contribution in [0.5, 0.6) is 0 Å². The normalized spacial score (nSPS) is 26.1. The van der Waals surface area contributed by atoms with E-state index in [4.69, 9.17) is 17.7 Å². The minimum Gasteiger partial charge on any atom is -0.414 e. The molecule has 220 valence electrons. The Bertz CT molecular complexity index is 1220. The third-order valence-corrected chi connectivity index (χ3v) is 18.3. The number of amides is 1. The number of hydrogen-bond acceptors (Lipinski definition) is 8. The van der Waals surface area contributed by atoms with Crippen molar-refractivity contribution in [1.29, 1.82) is 0 Å². The van der Waals surface area contributed by atoms with Crippen molar-refractivity contribution in [3.05, 3.63) is 58.6 Å². The summed E-state index contributed by atoms with van der Waals surface area (Å²) >= 11 is 0. The van der Waals surface area contributed by atoms with Crippen LogP contribution in [0.1, 0.15) is 72.0 Å². The number of carbonyl (C=O) groups excluding carboxylic acids is 1. The topological polar surface area (TPSA) is 121 Å². The number of carbonyl (C=O) groups is 1. The number of rotatable bonds is 7. The Morgan fingerprint density at radius 2 is 1.57 bits per heavy atom. The minimum absolute atomic E-state index is 0.0855. The number of hydrogen-bond donors (Lipinski definition) is 2. The van der Waals surface area contributed by atoms with Crippen LogP contribution >= 0.6 is 0 Å². The fourth-order valence-electron chi connectivity index (χ4n) is 5.82. The van der Waals surface area contributed by atoms with Crippen molar-refractivity contribution < 1.29 is 27.6 Å². The van der Waals surface area contributed by atoms with Crippen LogP contribution in [0.2, 0.25) is 22.2 Å². The average molecular weight is 590 g/mol. The van der Waals surface area contributed by atoms with Crippen LogP contribution in [-0.4, -0.2) is 62.6 Å². The van der Waals surface area contributed by atoms with Gasteiger partial charge in [0.25, 0.3) is 5.91 Å². The molecule has 4 rings (SSSR count). The zero-order valence-electron chi connectivity index (χ0n) is 24.7. The zero-order valence-corrected chi connectivity index (χ0v) is 26.7. The van der Waals surface area contributed by atoms with Crippen molar-refractivity contribution in [3.8, 4) is 0 Å². The lowest BCUT2D eigenvalue weighted by molar-refractivity contribution is -0.0600. The van der Waals surface area contributed by atoms with Crippen LogP contribution < -0.4 is 11.0 Å². The highest BCUT2D eigenvalue weighted by Gasteiger charge is 2.61. The van der Waals surface area contributed by atoms with Crippen molar-refractivity contribution in [2.75, 3.05) is 11.9 Å². The van der Waals surface area contributed by atoms with E-state index < -0.39 is 47.4 Å². The molecule has 0 bridgehead atoms. The number of nitrogens with zero attached hydrogens (tertiary/aromatic N) is 2. The Balaban J connectivity index is 1.64. The molecular formula is C28H43N3O7Si2. The van der Waals surface area contributed by atoms with Gasteiger partial charge in [-0.3, -0.25) is 9.36 Å². The molecule has 1 aromatic carbocycles. The van der Waals surface area contributed by atoms with Crippen LogP contribution in [0.15, 0.2) is 47.4 Å². The monoisotopic (exact) mass is 589 g/mol. The molecule has 2 aliphatic rings. The molecule has 0 spiro atoms. The highest BCUT2D eigenvalue weighted by molar-refractivity contribution is 6.84. The van der Waals surface area contributed by atoms with E-state index in [1.54, 1.807) is 24.3 Å². The van der Waals surface area contributed by atoms with E-state index in [2.05, 4.69) is 65.7 Å². The van der Waals surface area contributed by atoms with Gasteiger partial charge in [0, 0.05) is 11.8 Å². The molecule has 1 amide bonds. The van der Waals surface area contributed by atoms with E-state index >= 15 is 0 Å². The van der Waals surface area contributed by atoms with Gasteiger partial charge in [0.05, 0.1) is 6.61 Å². The summed E-state index contributed by atoms with van der Waals surface area (Å²) in [6.07, 6.45) is -2.05.